The lowest BCUT2D eigenvalue weighted by atomic mass is 9.93. The summed E-state index contributed by atoms with van der Waals surface area (Å²) in [5.74, 6) is 1.27. The Balaban J connectivity index is 1.76. The molecule has 0 saturated carbocycles. The average molecular weight is 311 g/mol. The van der Waals surface area contributed by atoms with Gasteiger partial charge in [0.2, 0.25) is 5.91 Å². The number of carbonyl (C=O) groups is 1. The molecule has 0 aliphatic carbocycles. The predicted octanol–water partition coefficient (Wildman–Crippen LogP) is 3.98. The summed E-state index contributed by atoms with van der Waals surface area (Å²) in [6, 6.07) is 15.4. The summed E-state index contributed by atoms with van der Waals surface area (Å²) in [5, 5.41) is 3.00. The number of nitrogens with one attached hydrogen (secondary N) is 1. The topological polar surface area (TPSA) is 47.6 Å². The molecule has 120 valence electrons. The van der Waals surface area contributed by atoms with Crippen LogP contribution in [-0.4, -0.2) is 19.1 Å². The van der Waals surface area contributed by atoms with Crippen LogP contribution in [0.15, 0.2) is 48.5 Å². The third-order valence-corrected chi connectivity index (χ3v) is 3.91. The molecule has 1 aliphatic heterocycles. The molecule has 0 aromatic heterocycles. The number of fused-ring (bicyclic) bond motifs is 1. The number of hydrogen-bond donors (Lipinski definition) is 1. The minimum absolute atomic E-state index is 0.00901. The Kier molecular flexibility index (Phi) is 4.81. The molecule has 0 saturated heterocycles. The molecule has 2 aromatic rings. The van der Waals surface area contributed by atoms with E-state index in [1.54, 1.807) is 0 Å². The van der Waals surface area contributed by atoms with Gasteiger partial charge in [0, 0.05) is 11.8 Å². The van der Waals surface area contributed by atoms with Gasteiger partial charge in [-0.2, -0.15) is 0 Å². The van der Waals surface area contributed by atoms with Crippen molar-refractivity contribution < 1.29 is 14.3 Å². The van der Waals surface area contributed by atoms with E-state index in [2.05, 4.69) is 12.2 Å². The van der Waals surface area contributed by atoms with Crippen molar-refractivity contribution in [3.63, 3.8) is 0 Å². The van der Waals surface area contributed by atoms with Gasteiger partial charge in [-0.05, 0) is 24.1 Å². The maximum Gasteiger partial charge on any atom is 0.231 e. The Bertz CT molecular complexity index is 670. The molecule has 3 rings (SSSR count). The molecule has 0 spiro atoms. The van der Waals surface area contributed by atoms with E-state index in [-0.39, 0.29) is 11.8 Å². The van der Waals surface area contributed by atoms with Crippen LogP contribution >= 0.6 is 0 Å². The van der Waals surface area contributed by atoms with E-state index in [4.69, 9.17) is 9.47 Å². The Labute approximate surface area is 136 Å². The number of rotatable bonds is 5. The van der Waals surface area contributed by atoms with E-state index in [1.807, 2.05) is 48.5 Å². The summed E-state index contributed by atoms with van der Waals surface area (Å²) in [6.45, 7) is 3.19. The van der Waals surface area contributed by atoms with Crippen molar-refractivity contribution in [2.45, 2.75) is 25.7 Å². The SMILES string of the molecule is CCC[C@H](C(=O)Nc1ccc2c(c1)OCCO2)c1ccccc1. The monoisotopic (exact) mass is 311 g/mol. The van der Waals surface area contributed by atoms with Crippen LogP contribution in [0.4, 0.5) is 5.69 Å². The van der Waals surface area contributed by atoms with Gasteiger partial charge in [-0.3, -0.25) is 4.79 Å². The van der Waals surface area contributed by atoms with Crippen LogP contribution in [-0.2, 0) is 4.79 Å². The van der Waals surface area contributed by atoms with Crippen LogP contribution in [0.3, 0.4) is 0 Å². The van der Waals surface area contributed by atoms with Crippen molar-refractivity contribution in [1.29, 1.82) is 0 Å². The fourth-order valence-corrected chi connectivity index (χ4v) is 2.77. The van der Waals surface area contributed by atoms with Gasteiger partial charge in [-0.25, -0.2) is 0 Å². The first-order chi connectivity index (χ1) is 11.3. The van der Waals surface area contributed by atoms with Gasteiger partial charge in [0.05, 0.1) is 5.92 Å². The molecule has 1 N–H and O–H groups in total. The number of anilines is 1. The number of carbonyl (C=O) groups excluding carboxylic acids is 1. The maximum absolute atomic E-state index is 12.7. The highest BCUT2D eigenvalue weighted by atomic mass is 16.6. The van der Waals surface area contributed by atoms with E-state index in [9.17, 15) is 4.79 Å². The molecule has 2 aromatic carbocycles. The molecule has 1 heterocycles. The van der Waals surface area contributed by atoms with Gasteiger partial charge in [-0.1, -0.05) is 43.7 Å². The van der Waals surface area contributed by atoms with Gasteiger partial charge in [0.25, 0.3) is 0 Å². The lowest BCUT2D eigenvalue weighted by Gasteiger charge is -2.20. The van der Waals surface area contributed by atoms with Crippen LogP contribution in [0.25, 0.3) is 0 Å². The van der Waals surface area contributed by atoms with E-state index >= 15 is 0 Å². The smallest absolute Gasteiger partial charge is 0.231 e. The first-order valence-electron chi connectivity index (χ1n) is 8.03. The van der Waals surface area contributed by atoms with Crippen LogP contribution in [0.5, 0.6) is 11.5 Å². The van der Waals surface area contributed by atoms with Crippen molar-refractivity contribution in [2.24, 2.45) is 0 Å². The zero-order valence-corrected chi connectivity index (χ0v) is 13.2. The number of hydrogen-bond acceptors (Lipinski definition) is 3. The fraction of sp³-hybridized carbons (Fsp3) is 0.316. The predicted molar refractivity (Wildman–Crippen MR) is 90.2 cm³/mol. The minimum atomic E-state index is -0.144. The summed E-state index contributed by atoms with van der Waals surface area (Å²) < 4.78 is 11.1. The van der Waals surface area contributed by atoms with Crippen molar-refractivity contribution in [3.05, 3.63) is 54.1 Å². The van der Waals surface area contributed by atoms with E-state index in [0.29, 0.717) is 19.0 Å². The Morgan fingerprint density at radius 1 is 1.09 bits per heavy atom. The molecular weight excluding hydrogens is 290 g/mol. The number of ether oxygens (including phenoxy) is 2. The van der Waals surface area contributed by atoms with Crippen LogP contribution in [0.2, 0.25) is 0 Å². The first kappa shape index (κ1) is 15.4. The van der Waals surface area contributed by atoms with E-state index in [0.717, 1.165) is 29.8 Å². The van der Waals surface area contributed by atoms with Crippen LogP contribution < -0.4 is 14.8 Å². The van der Waals surface area contributed by atoms with Gasteiger partial charge in [-0.15, -0.1) is 0 Å². The van der Waals surface area contributed by atoms with Gasteiger partial charge >= 0.3 is 0 Å². The molecule has 1 atom stereocenters. The van der Waals surface area contributed by atoms with Gasteiger partial charge in [0.15, 0.2) is 11.5 Å². The second-order valence-electron chi connectivity index (χ2n) is 5.60. The molecule has 0 radical (unpaired) electrons. The highest BCUT2D eigenvalue weighted by Crippen LogP contribution is 2.33. The van der Waals surface area contributed by atoms with Crippen molar-refractivity contribution in [3.8, 4) is 11.5 Å². The zero-order valence-electron chi connectivity index (χ0n) is 13.2. The molecule has 1 amide bonds. The second-order valence-corrected chi connectivity index (χ2v) is 5.60. The summed E-state index contributed by atoms with van der Waals surface area (Å²) in [7, 11) is 0. The summed E-state index contributed by atoms with van der Waals surface area (Å²) in [4.78, 5) is 12.7. The number of benzene rings is 2. The standard InChI is InChI=1S/C19H21NO3/c1-2-6-16(14-7-4-3-5-8-14)19(21)20-15-9-10-17-18(13-15)23-12-11-22-17/h3-5,7-10,13,16H,2,6,11-12H2,1H3,(H,20,21)/t16-/m0/s1. The highest BCUT2D eigenvalue weighted by Gasteiger charge is 2.20. The second kappa shape index (κ2) is 7.18. The lowest BCUT2D eigenvalue weighted by molar-refractivity contribution is -0.117. The molecule has 0 unspecified atom stereocenters. The number of amides is 1. The van der Waals surface area contributed by atoms with Gasteiger partial charge in [0.1, 0.15) is 13.2 Å². The van der Waals surface area contributed by atoms with Crippen molar-refractivity contribution in [1.82, 2.24) is 0 Å². The normalized spacial score (nSPS) is 14.1. The Morgan fingerprint density at radius 2 is 1.83 bits per heavy atom. The molecule has 4 nitrogen and oxygen atoms in total. The van der Waals surface area contributed by atoms with E-state index < -0.39 is 0 Å². The minimum Gasteiger partial charge on any atom is -0.486 e. The average Bonchev–Trinajstić information content (AvgIpc) is 2.60. The third-order valence-electron chi connectivity index (χ3n) is 3.91. The van der Waals surface area contributed by atoms with E-state index in [1.165, 1.54) is 0 Å². The molecule has 0 fully saturated rings. The molecule has 0 bridgehead atoms. The third kappa shape index (κ3) is 3.65. The molecule has 4 heteroatoms. The summed E-state index contributed by atoms with van der Waals surface area (Å²) in [5.41, 5.74) is 1.78. The maximum atomic E-state index is 12.7. The van der Waals surface area contributed by atoms with Crippen molar-refractivity contribution >= 4 is 11.6 Å². The Hall–Kier alpha value is -2.49. The van der Waals surface area contributed by atoms with Crippen molar-refractivity contribution in [2.75, 3.05) is 18.5 Å². The molecular formula is C19H21NO3. The van der Waals surface area contributed by atoms with Crippen LogP contribution in [0, 0.1) is 0 Å². The van der Waals surface area contributed by atoms with Crippen LogP contribution in [0.1, 0.15) is 31.2 Å². The Morgan fingerprint density at radius 3 is 2.57 bits per heavy atom. The molecule has 23 heavy (non-hydrogen) atoms. The zero-order chi connectivity index (χ0) is 16.1. The largest absolute Gasteiger partial charge is 0.486 e. The first-order valence-corrected chi connectivity index (χ1v) is 8.03. The lowest BCUT2D eigenvalue weighted by Crippen LogP contribution is -2.21. The highest BCUT2D eigenvalue weighted by molar-refractivity contribution is 5.96. The quantitative estimate of drug-likeness (QED) is 0.908. The molecule has 1 aliphatic rings. The fourth-order valence-electron chi connectivity index (χ4n) is 2.77. The van der Waals surface area contributed by atoms with Gasteiger partial charge < -0.3 is 14.8 Å². The summed E-state index contributed by atoms with van der Waals surface area (Å²) in [6.07, 6.45) is 1.77. The summed E-state index contributed by atoms with van der Waals surface area (Å²) >= 11 is 0.